The van der Waals surface area contributed by atoms with Crippen molar-refractivity contribution in [3.8, 4) is 5.75 Å². The van der Waals surface area contributed by atoms with Crippen molar-refractivity contribution in [3.63, 3.8) is 0 Å². The number of rotatable bonds is 7. The summed E-state index contributed by atoms with van der Waals surface area (Å²) >= 11 is 0. The fourth-order valence-electron chi connectivity index (χ4n) is 2.07. The Morgan fingerprint density at radius 2 is 1.75 bits per heavy atom. The first kappa shape index (κ1) is 19.7. The second kappa shape index (κ2) is 8.52. The zero-order valence-corrected chi connectivity index (χ0v) is 15.3. The highest BCUT2D eigenvalue weighted by Gasteiger charge is 2.32. The molecule has 0 atom stereocenters. The summed E-state index contributed by atoms with van der Waals surface area (Å²) < 4.78 is 15.8. The lowest BCUT2D eigenvalue weighted by atomic mass is 10.0. The van der Waals surface area contributed by atoms with Crippen molar-refractivity contribution >= 4 is 17.5 Å². The molecule has 0 radical (unpaired) electrons. The molecule has 0 aliphatic rings. The number of aryl methyl sites for hydroxylation is 1. The highest BCUT2D eigenvalue weighted by Crippen LogP contribution is 2.27. The minimum Gasteiger partial charge on any atom is -0.476 e. The number of carbonyl (C=O) groups excluding carboxylic acids is 2. The molecule has 0 saturated heterocycles. The van der Waals surface area contributed by atoms with Crippen molar-refractivity contribution < 1.29 is 23.8 Å². The maximum atomic E-state index is 11.9. The molecular weight excluding hydrogens is 308 g/mol. The van der Waals surface area contributed by atoms with Crippen LogP contribution in [0.2, 0.25) is 0 Å². The number of ether oxygens (including phenoxy) is 3. The molecular formula is C19H26O5. The minimum atomic E-state index is -1.07. The number of esters is 2. The van der Waals surface area contributed by atoms with Crippen LogP contribution >= 0.6 is 0 Å². The van der Waals surface area contributed by atoms with Gasteiger partial charge in [-0.1, -0.05) is 6.07 Å². The van der Waals surface area contributed by atoms with Gasteiger partial charge in [-0.05, 0) is 70.4 Å². The third-order valence-electron chi connectivity index (χ3n) is 3.38. The van der Waals surface area contributed by atoms with E-state index in [2.05, 4.69) is 0 Å². The molecule has 1 aromatic carbocycles. The van der Waals surface area contributed by atoms with Gasteiger partial charge in [0.15, 0.2) is 5.60 Å². The quantitative estimate of drug-likeness (QED) is 0.562. The van der Waals surface area contributed by atoms with Gasteiger partial charge in [0.1, 0.15) is 5.75 Å². The smallest absolute Gasteiger partial charge is 0.349 e. The molecule has 1 aromatic rings. The molecule has 24 heavy (non-hydrogen) atoms. The number of carbonyl (C=O) groups is 2. The van der Waals surface area contributed by atoms with Crippen molar-refractivity contribution in [2.45, 2.75) is 47.1 Å². The van der Waals surface area contributed by atoms with E-state index in [9.17, 15) is 9.59 Å². The second-order valence-corrected chi connectivity index (χ2v) is 5.89. The summed E-state index contributed by atoms with van der Waals surface area (Å²) in [6.45, 7) is 11.2. The normalized spacial score (nSPS) is 11.8. The molecule has 0 aromatic heterocycles. The Labute approximate surface area is 143 Å². The van der Waals surface area contributed by atoms with Crippen LogP contribution in [-0.2, 0) is 19.1 Å². The molecule has 0 bridgehead atoms. The molecule has 0 amide bonds. The molecule has 132 valence electrons. The summed E-state index contributed by atoms with van der Waals surface area (Å²) in [6.07, 6.45) is 1.46. The minimum absolute atomic E-state index is 0.307. The number of hydrogen-bond donors (Lipinski definition) is 0. The van der Waals surface area contributed by atoms with Crippen LogP contribution in [0.25, 0.3) is 5.57 Å². The van der Waals surface area contributed by atoms with E-state index >= 15 is 0 Å². The number of allylic oxidation sites excluding steroid dienone is 1. The lowest BCUT2D eigenvalue weighted by Crippen LogP contribution is -2.39. The van der Waals surface area contributed by atoms with Crippen LogP contribution in [0.1, 0.15) is 45.7 Å². The number of hydrogen-bond acceptors (Lipinski definition) is 5. The van der Waals surface area contributed by atoms with E-state index in [1.165, 1.54) is 6.08 Å². The van der Waals surface area contributed by atoms with Crippen LogP contribution in [0.3, 0.4) is 0 Å². The lowest BCUT2D eigenvalue weighted by molar-refractivity contribution is -0.158. The van der Waals surface area contributed by atoms with Gasteiger partial charge < -0.3 is 14.2 Å². The molecule has 0 spiro atoms. The molecule has 0 heterocycles. The van der Waals surface area contributed by atoms with Crippen LogP contribution in [0.4, 0.5) is 0 Å². The van der Waals surface area contributed by atoms with Gasteiger partial charge in [-0.3, -0.25) is 0 Å². The third kappa shape index (κ3) is 5.41. The van der Waals surface area contributed by atoms with Crippen LogP contribution in [0.15, 0.2) is 24.3 Å². The maximum Gasteiger partial charge on any atom is 0.349 e. The van der Waals surface area contributed by atoms with Crippen molar-refractivity contribution in [1.29, 1.82) is 0 Å². The first-order valence-corrected chi connectivity index (χ1v) is 8.03. The molecule has 0 fully saturated rings. The number of benzene rings is 1. The Balaban J connectivity index is 2.96. The van der Waals surface area contributed by atoms with Gasteiger partial charge in [-0.15, -0.1) is 0 Å². The monoisotopic (exact) mass is 334 g/mol. The molecule has 0 aliphatic carbocycles. The van der Waals surface area contributed by atoms with Gasteiger partial charge in [-0.2, -0.15) is 0 Å². The zero-order chi connectivity index (χ0) is 18.3. The molecule has 5 nitrogen and oxygen atoms in total. The Kier molecular flexibility index (Phi) is 7.01. The van der Waals surface area contributed by atoms with Gasteiger partial charge in [0, 0.05) is 6.08 Å². The maximum absolute atomic E-state index is 11.9. The fraction of sp³-hybridized carbons (Fsp3) is 0.474. The summed E-state index contributed by atoms with van der Waals surface area (Å²) in [5, 5.41) is 0. The molecule has 0 aliphatic heterocycles. The second-order valence-electron chi connectivity index (χ2n) is 5.89. The Morgan fingerprint density at radius 3 is 2.29 bits per heavy atom. The predicted molar refractivity (Wildman–Crippen MR) is 92.8 cm³/mol. The first-order valence-electron chi connectivity index (χ1n) is 8.03. The molecule has 0 unspecified atom stereocenters. The Bertz CT molecular complexity index is 629. The van der Waals surface area contributed by atoms with Crippen LogP contribution < -0.4 is 4.74 Å². The summed E-state index contributed by atoms with van der Waals surface area (Å²) in [5.41, 5.74) is 1.48. The van der Waals surface area contributed by atoms with Crippen LogP contribution in [0, 0.1) is 6.92 Å². The zero-order valence-electron chi connectivity index (χ0n) is 15.3. The van der Waals surface area contributed by atoms with Gasteiger partial charge in [0.25, 0.3) is 0 Å². The summed E-state index contributed by atoms with van der Waals surface area (Å²) in [4.78, 5) is 23.5. The highest BCUT2D eigenvalue weighted by atomic mass is 16.6. The highest BCUT2D eigenvalue weighted by molar-refractivity contribution is 5.91. The van der Waals surface area contributed by atoms with Gasteiger partial charge >= 0.3 is 11.9 Å². The van der Waals surface area contributed by atoms with E-state index in [0.29, 0.717) is 19.0 Å². The third-order valence-corrected chi connectivity index (χ3v) is 3.38. The molecule has 0 saturated carbocycles. The SMILES string of the molecule is CCOC(=O)C=C(C)c1ccc(OC(C)(C)C(=O)OCC)c(C)c1. The van der Waals surface area contributed by atoms with Crippen molar-refractivity contribution in [2.75, 3.05) is 13.2 Å². The summed E-state index contributed by atoms with van der Waals surface area (Å²) in [5.74, 6) is -0.177. The van der Waals surface area contributed by atoms with E-state index in [4.69, 9.17) is 14.2 Å². The van der Waals surface area contributed by atoms with E-state index < -0.39 is 11.6 Å². The fourth-order valence-corrected chi connectivity index (χ4v) is 2.07. The largest absolute Gasteiger partial charge is 0.476 e. The summed E-state index contributed by atoms with van der Waals surface area (Å²) in [7, 11) is 0. The van der Waals surface area contributed by atoms with Crippen molar-refractivity contribution in [1.82, 2.24) is 0 Å². The average molecular weight is 334 g/mol. The average Bonchev–Trinajstić information content (AvgIpc) is 2.49. The van der Waals surface area contributed by atoms with Crippen molar-refractivity contribution in [3.05, 3.63) is 35.4 Å². The van der Waals surface area contributed by atoms with E-state index in [0.717, 1.165) is 16.7 Å². The molecule has 1 rings (SSSR count). The topological polar surface area (TPSA) is 61.8 Å². The van der Waals surface area contributed by atoms with Crippen molar-refractivity contribution in [2.24, 2.45) is 0 Å². The molecule has 5 heteroatoms. The van der Waals surface area contributed by atoms with Gasteiger partial charge in [0.2, 0.25) is 0 Å². The first-order chi connectivity index (χ1) is 11.2. The standard InChI is InChI=1S/C19H26O5/c1-7-22-17(20)12-13(3)15-9-10-16(14(4)11-15)24-19(5,6)18(21)23-8-2/h9-12H,7-8H2,1-6H3. The van der Waals surface area contributed by atoms with E-state index in [-0.39, 0.29) is 5.97 Å². The van der Waals surface area contributed by atoms with Crippen LogP contribution in [0.5, 0.6) is 5.75 Å². The van der Waals surface area contributed by atoms with Gasteiger partial charge in [0.05, 0.1) is 13.2 Å². The molecule has 0 N–H and O–H groups in total. The van der Waals surface area contributed by atoms with E-state index in [1.807, 2.05) is 26.0 Å². The summed E-state index contributed by atoms with van der Waals surface area (Å²) in [6, 6.07) is 5.53. The Hall–Kier alpha value is -2.30. The van der Waals surface area contributed by atoms with Crippen LogP contribution in [-0.4, -0.2) is 30.8 Å². The predicted octanol–water partition coefficient (Wildman–Crippen LogP) is 3.68. The lowest BCUT2D eigenvalue weighted by Gasteiger charge is -2.25. The Morgan fingerprint density at radius 1 is 1.12 bits per heavy atom. The van der Waals surface area contributed by atoms with Gasteiger partial charge in [-0.25, -0.2) is 9.59 Å². The van der Waals surface area contributed by atoms with E-state index in [1.54, 1.807) is 33.8 Å².